The fraction of sp³-hybridized carbons (Fsp3) is 0.750. The molecule has 2 rings (SSSR count). The first-order chi connectivity index (χ1) is 10.8. The lowest BCUT2D eigenvalue weighted by Gasteiger charge is -2.12. The zero-order valence-corrected chi connectivity index (χ0v) is 14.7. The summed E-state index contributed by atoms with van der Waals surface area (Å²) in [6, 6.07) is 0. The molecule has 0 aromatic carbocycles. The van der Waals surface area contributed by atoms with Crippen LogP contribution in [-0.4, -0.2) is 43.7 Å². The van der Waals surface area contributed by atoms with Crippen LogP contribution in [0.2, 0.25) is 0 Å². The standard InChI is InChI=1S/C16H29N5S/c1-3-5-9-18-15(17-4-2)19-10-8-14-13-22-16(20-14)21-11-6-7-12-21/h13H,3-12H2,1-2H3,(H2,17,18,19). The third-order valence-electron chi connectivity index (χ3n) is 3.72. The summed E-state index contributed by atoms with van der Waals surface area (Å²) in [4.78, 5) is 11.7. The Balaban J connectivity index is 1.75. The molecule has 0 amide bonds. The predicted molar refractivity (Wildman–Crippen MR) is 96.2 cm³/mol. The van der Waals surface area contributed by atoms with E-state index >= 15 is 0 Å². The third-order valence-corrected chi connectivity index (χ3v) is 4.67. The minimum atomic E-state index is 0.876. The SMILES string of the molecule is CCCCN=C(NCC)NCCc1csc(N2CCCC2)n1. The maximum Gasteiger partial charge on any atom is 0.191 e. The molecule has 1 aromatic heterocycles. The molecule has 5 nitrogen and oxygen atoms in total. The summed E-state index contributed by atoms with van der Waals surface area (Å²) in [5.41, 5.74) is 1.18. The second kappa shape index (κ2) is 9.66. The first kappa shape index (κ1) is 17.1. The largest absolute Gasteiger partial charge is 0.357 e. The number of anilines is 1. The highest BCUT2D eigenvalue weighted by Gasteiger charge is 2.15. The molecule has 0 atom stereocenters. The quantitative estimate of drug-likeness (QED) is 0.439. The number of aromatic nitrogens is 1. The smallest absolute Gasteiger partial charge is 0.191 e. The molecule has 1 saturated heterocycles. The third kappa shape index (κ3) is 5.48. The van der Waals surface area contributed by atoms with Gasteiger partial charge in [0.25, 0.3) is 0 Å². The lowest BCUT2D eigenvalue weighted by atomic mass is 10.3. The summed E-state index contributed by atoms with van der Waals surface area (Å²) in [6.45, 7) is 9.28. The van der Waals surface area contributed by atoms with Gasteiger partial charge in [-0.15, -0.1) is 11.3 Å². The summed E-state index contributed by atoms with van der Waals surface area (Å²) in [5.74, 6) is 0.922. The van der Waals surface area contributed by atoms with Crippen LogP contribution in [-0.2, 0) is 6.42 Å². The van der Waals surface area contributed by atoms with Gasteiger partial charge in [-0.1, -0.05) is 13.3 Å². The minimum Gasteiger partial charge on any atom is -0.357 e. The van der Waals surface area contributed by atoms with Crippen molar-refractivity contribution in [1.82, 2.24) is 15.6 Å². The molecule has 0 spiro atoms. The number of guanidine groups is 1. The van der Waals surface area contributed by atoms with Crippen molar-refractivity contribution >= 4 is 22.4 Å². The van der Waals surface area contributed by atoms with E-state index in [1.807, 2.05) is 0 Å². The van der Waals surface area contributed by atoms with E-state index in [2.05, 4.69) is 39.8 Å². The van der Waals surface area contributed by atoms with Gasteiger partial charge in [-0.2, -0.15) is 0 Å². The number of hydrogen-bond donors (Lipinski definition) is 2. The van der Waals surface area contributed by atoms with Crippen LogP contribution in [0.25, 0.3) is 0 Å². The molecule has 2 heterocycles. The molecule has 1 aliphatic heterocycles. The van der Waals surface area contributed by atoms with Crippen LogP contribution >= 0.6 is 11.3 Å². The first-order valence-corrected chi connectivity index (χ1v) is 9.43. The van der Waals surface area contributed by atoms with E-state index in [1.54, 1.807) is 11.3 Å². The second-order valence-electron chi connectivity index (χ2n) is 5.61. The summed E-state index contributed by atoms with van der Waals surface area (Å²) in [6.07, 6.45) is 5.87. The van der Waals surface area contributed by atoms with Crippen LogP contribution in [0.3, 0.4) is 0 Å². The van der Waals surface area contributed by atoms with Crippen molar-refractivity contribution in [3.8, 4) is 0 Å². The number of hydrogen-bond acceptors (Lipinski definition) is 4. The maximum atomic E-state index is 4.75. The molecular weight excluding hydrogens is 294 g/mol. The molecular formula is C16H29N5S. The van der Waals surface area contributed by atoms with Gasteiger partial charge in [0.2, 0.25) is 0 Å². The predicted octanol–water partition coefficient (Wildman–Crippen LogP) is 2.64. The Bertz CT molecular complexity index is 451. The molecule has 0 radical (unpaired) electrons. The molecule has 124 valence electrons. The van der Waals surface area contributed by atoms with E-state index < -0.39 is 0 Å². The summed E-state index contributed by atoms with van der Waals surface area (Å²) in [5, 5.41) is 10.1. The van der Waals surface area contributed by atoms with Gasteiger partial charge in [-0.25, -0.2) is 4.98 Å². The van der Waals surface area contributed by atoms with Crippen molar-refractivity contribution in [3.63, 3.8) is 0 Å². The zero-order chi connectivity index (χ0) is 15.6. The van der Waals surface area contributed by atoms with E-state index in [1.165, 1.54) is 43.2 Å². The highest BCUT2D eigenvalue weighted by atomic mass is 32.1. The molecule has 1 fully saturated rings. The molecule has 2 N–H and O–H groups in total. The number of nitrogens with one attached hydrogen (secondary N) is 2. The molecule has 1 aliphatic rings. The van der Waals surface area contributed by atoms with Gasteiger partial charge in [0, 0.05) is 44.5 Å². The molecule has 0 aliphatic carbocycles. The van der Waals surface area contributed by atoms with E-state index in [0.29, 0.717) is 0 Å². The van der Waals surface area contributed by atoms with Crippen LogP contribution in [0.4, 0.5) is 5.13 Å². The molecule has 0 saturated carbocycles. The van der Waals surface area contributed by atoms with Crippen LogP contribution in [0, 0.1) is 0 Å². The van der Waals surface area contributed by atoms with Gasteiger partial charge in [0.1, 0.15) is 0 Å². The van der Waals surface area contributed by atoms with Crippen molar-refractivity contribution in [3.05, 3.63) is 11.1 Å². The van der Waals surface area contributed by atoms with Gasteiger partial charge in [-0.3, -0.25) is 4.99 Å². The Labute approximate surface area is 138 Å². The fourth-order valence-corrected chi connectivity index (χ4v) is 3.38. The van der Waals surface area contributed by atoms with Gasteiger partial charge in [-0.05, 0) is 26.2 Å². The van der Waals surface area contributed by atoms with Crippen molar-refractivity contribution in [2.45, 2.75) is 46.0 Å². The van der Waals surface area contributed by atoms with Gasteiger partial charge >= 0.3 is 0 Å². The zero-order valence-electron chi connectivity index (χ0n) is 13.9. The second-order valence-corrected chi connectivity index (χ2v) is 6.44. The number of aliphatic imine (C=N–C) groups is 1. The molecule has 1 aromatic rings. The van der Waals surface area contributed by atoms with Crippen molar-refractivity contribution in [2.75, 3.05) is 37.6 Å². The Morgan fingerprint density at radius 2 is 2.14 bits per heavy atom. The lowest BCUT2D eigenvalue weighted by Crippen LogP contribution is -2.38. The van der Waals surface area contributed by atoms with Gasteiger partial charge in [0.05, 0.1) is 5.69 Å². The van der Waals surface area contributed by atoms with Crippen LogP contribution in [0.5, 0.6) is 0 Å². The van der Waals surface area contributed by atoms with Crippen LogP contribution in [0.15, 0.2) is 10.4 Å². The van der Waals surface area contributed by atoms with E-state index in [-0.39, 0.29) is 0 Å². The molecule has 0 bridgehead atoms. The highest BCUT2D eigenvalue weighted by Crippen LogP contribution is 2.24. The minimum absolute atomic E-state index is 0.876. The van der Waals surface area contributed by atoms with Crippen LogP contribution in [0.1, 0.15) is 45.2 Å². The highest BCUT2D eigenvalue weighted by molar-refractivity contribution is 7.13. The Hall–Kier alpha value is -1.30. The first-order valence-electron chi connectivity index (χ1n) is 8.55. The lowest BCUT2D eigenvalue weighted by molar-refractivity contribution is 0.763. The summed E-state index contributed by atoms with van der Waals surface area (Å²) in [7, 11) is 0. The number of rotatable bonds is 8. The fourth-order valence-electron chi connectivity index (χ4n) is 2.46. The van der Waals surface area contributed by atoms with E-state index in [9.17, 15) is 0 Å². The Morgan fingerprint density at radius 1 is 1.32 bits per heavy atom. The number of nitrogens with zero attached hydrogens (tertiary/aromatic N) is 3. The van der Waals surface area contributed by atoms with Crippen molar-refractivity contribution in [1.29, 1.82) is 0 Å². The van der Waals surface area contributed by atoms with Gasteiger partial charge < -0.3 is 15.5 Å². The van der Waals surface area contributed by atoms with E-state index in [0.717, 1.165) is 38.4 Å². The Morgan fingerprint density at radius 3 is 2.86 bits per heavy atom. The number of thiazole rings is 1. The summed E-state index contributed by atoms with van der Waals surface area (Å²) < 4.78 is 0. The average molecular weight is 324 g/mol. The average Bonchev–Trinajstić information content (AvgIpc) is 3.18. The molecule has 22 heavy (non-hydrogen) atoms. The maximum absolute atomic E-state index is 4.75. The monoisotopic (exact) mass is 323 g/mol. The van der Waals surface area contributed by atoms with Crippen molar-refractivity contribution < 1.29 is 0 Å². The molecule has 0 unspecified atom stereocenters. The number of unbranched alkanes of at least 4 members (excludes halogenated alkanes) is 1. The molecule has 6 heteroatoms. The van der Waals surface area contributed by atoms with E-state index in [4.69, 9.17) is 4.98 Å². The normalized spacial score (nSPS) is 15.4. The van der Waals surface area contributed by atoms with Crippen molar-refractivity contribution in [2.24, 2.45) is 4.99 Å². The Kier molecular flexibility index (Phi) is 7.49. The van der Waals surface area contributed by atoms with Crippen LogP contribution < -0.4 is 15.5 Å². The summed E-state index contributed by atoms with van der Waals surface area (Å²) >= 11 is 1.77. The van der Waals surface area contributed by atoms with Gasteiger partial charge in [0.15, 0.2) is 11.1 Å². The topological polar surface area (TPSA) is 52.6 Å².